The van der Waals surface area contributed by atoms with Crippen molar-refractivity contribution in [1.82, 2.24) is 10.3 Å². The highest BCUT2D eigenvalue weighted by Crippen LogP contribution is 2.34. The van der Waals surface area contributed by atoms with Gasteiger partial charge in [0.15, 0.2) is 0 Å². The molecule has 0 atom stereocenters. The number of pyridine rings is 1. The predicted molar refractivity (Wildman–Crippen MR) is 94.5 cm³/mol. The van der Waals surface area contributed by atoms with Crippen molar-refractivity contribution in [1.29, 1.82) is 0 Å². The van der Waals surface area contributed by atoms with Crippen LogP contribution < -0.4 is 15.4 Å². The van der Waals surface area contributed by atoms with E-state index in [0.717, 1.165) is 43.2 Å². The van der Waals surface area contributed by atoms with E-state index in [1.165, 1.54) is 48.0 Å². The lowest BCUT2D eigenvalue weighted by molar-refractivity contribution is 0.415. The molecular weight excluding hydrogens is 286 g/mol. The van der Waals surface area contributed by atoms with Crippen molar-refractivity contribution in [3.8, 4) is 5.75 Å². The molecule has 0 bridgehead atoms. The number of anilines is 1. The summed E-state index contributed by atoms with van der Waals surface area (Å²) in [6.45, 7) is 1.98. The molecule has 0 aliphatic heterocycles. The molecule has 0 unspecified atom stereocenters. The molecule has 0 saturated heterocycles. The number of fused-ring (bicyclic) bond motifs is 2. The second-order valence-electron chi connectivity index (χ2n) is 6.66. The zero-order valence-corrected chi connectivity index (χ0v) is 13.8. The van der Waals surface area contributed by atoms with Gasteiger partial charge >= 0.3 is 0 Å². The molecule has 1 saturated carbocycles. The van der Waals surface area contributed by atoms with Crippen LogP contribution in [0.15, 0.2) is 18.2 Å². The van der Waals surface area contributed by atoms with Crippen molar-refractivity contribution in [2.75, 3.05) is 25.5 Å². The molecule has 2 aromatic rings. The number of hydrogen-bond acceptors (Lipinski definition) is 4. The summed E-state index contributed by atoms with van der Waals surface area (Å²) in [5, 5.41) is 8.46. The van der Waals surface area contributed by atoms with Crippen molar-refractivity contribution >= 4 is 16.6 Å². The van der Waals surface area contributed by atoms with Crippen molar-refractivity contribution in [2.24, 2.45) is 0 Å². The second kappa shape index (κ2) is 6.36. The molecule has 2 aliphatic carbocycles. The maximum Gasteiger partial charge on any atom is 0.119 e. The zero-order chi connectivity index (χ0) is 15.6. The Bertz CT molecular complexity index is 709. The molecule has 1 aromatic carbocycles. The maximum absolute atomic E-state index is 5.42. The van der Waals surface area contributed by atoms with Crippen LogP contribution in [0.1, 0.15) is 36.9 Å². The number of rotatable bonds is 6. The standard InChI is InChI=1S/C19H25N3O/c1-23-14-8-9-18-16(12-14)19(21-11-10-20-13-6-7-13)15-4-2-3-5-17(15)22-18/h8-9,12-13,20H,2-7,10-11H2,1H3,(H,21,22). The van der Waals surface area contributed by atoms with Gasteiger partial charge in [-0.3, -0.25) is 4.98 Å². The van der Waals surface area contributed by atoms with Gasteiger partial charge < -0.3 is 15.4 Å². The SMILES string of the molecule is COc1ccc2nc3c(c(NCCNC4CC4)c2c1)CCCC3. The Kier molecular flexibility index (Phi) is 4.08. The van der Waals surface area contributed by atoms with Gasteiger partial charge in [-0.25, -0.2) is 0 Å². The van der Waals surface area contributed by atoms with Crippen LogP contribution in [0.5, 0.6) is 5.75 Å². The quantitative estimate of drug-likeness (QED) is 0.804. The highest BCUT2D eigenvalue weighted by molar-refractivity contribution is 5.94. The number of aromatic nitrogens is 1. The number of benzene rings is 1. The summed E-state index contributed by atoms with van der Waals surface area (Å²) in [4.78, 5) is 4.91. The number of nitrogens with zero attached hydrogens (tertiary/aromatic N) is 1. The monoisotopic (exact) mass is 311 g/mol. The topological polar surface area (TPSA) is 46.2 Å². The Labute approximate surface area is 137 Å². The summed E-state index contributed by atoms with van der Waals surface area (Å²) in [6, 6.07) is 6.97. The number of ether oxygens (including phenoxy) is 1. The van der Waals surface area contributed by atoms with E-state index in [4.69, 9.17) is 9.72 Å². The Morgan fingerprint density at radius 3 is 2.87 bits per heavy atom. The minimum Gasteiger partial charge on any atom is -0.497 e. The molecule has 2 N–H and O–H groups in total. The highest BCUT2D eigenvalue weighted by Gasteiger charge is 2.21. The molecule has 0 amide bonds. The van der Waals surface area contributed by atoms with Crippen molar-refractivity contribution in [2.45, 2.75) is 44.6 Å². The Balaban J connectivity index is 1.67. The smallest absolute Gasteiger partial charge is 0.119 e. The van der Waals surface area contributed by atoms with Crippen LogP contribution in [0, 0.1) is 0 Å². The van der Waals surface area contributed by atoms with Gasteiger partial charge in [0, 0.05) is 35.9 Å². The van der Waals surface area contributed by atoms with Gasteiger partial charge in [0.1, 0.15) is 5.75 Å². The summed E-state index contributed by atoms with van der Waals surface area (Å²) in [5.74, 6) is 0.897. The number of nitrogens with one attached hydrogen (secondary N) is 2. The first kappa shape index (κ1) is 14.8. The molecule has 0 spiro atoms. The van der Waals surface area contributed by atoms with Crippen LogP contribution in [0.4, 0.5) is 5.69 Å². The fourth-order valence-electron chi connectivity index (χ4n) is 3.48. The van der Waals surface area contributed by atoms with E-state index in [1.807, 2.05) is 6.07 Å². The molecule has 0 radical (unpaired) electrons. The van der Waals surface area contributed by atoms with Gasteiger partial charge in [0.25, 0.3) is 0 Å². The molecule has 23 heavy (non-hydrogen) atoms. The van der Waals surface area contributed by atoms with Crippen LogP contribution >= 0.6 is 0 Å². The normalized spacial score (nSPS) is 17.1. The Morgan fingerprint density at radius 1 is 1.17 bits per heavy atom. The minimum atomic E-state index is 0.764. The van der Waals surface area contributed by atoms with Crippen LogP contribution in [-0.2, 0) is 12.8 Å². The number of methoxy groups -OCH3 is 1. The fraction of sp³-hybridized carbons (Fsp3) is 0.526. The van der Waals surface area contributed by atoms with E-state index in [0.29, 0.717) is 0 Å². The first-order chi connectivity index (χ1) is 11.3. The lowest BCUT2D eigenvalue weighted by atomic mass is 9.92. The van der Waals surface area contributed by atoms with E-state index in [1.54, 1.807) is 7.11 Å². The fourth-order valence-corrected chi connectivity index (χ4v) is 3.48. The first-order valence-electron chi connectivity index (χ1n) is 8.82. The predicted octanol–water partition coefficient (Wildman–Crippen LogP) is 3.29. The average molecular weight is 311 g/mol. The van der Waals surface area contributed by atoms with Gasteiger partial charge in [0.05, 0.1) is 12.6 Å². The van der Waals surface area contributed by atoms with E-state index < -0.39 is 0 Å². The molecule has 122 valence electrons. The van der Waals surface area contributed by atoms with Crippen LogP contribution in [0.3, 0.4) is 0 Å². The van der Waals surface area contributed by atoms with Crippen LogP contribution in [-0.4, -0.2) is 31.2 Å². The van der Waals surface area contributed by atoms with E-state index >= 15 is 0 Å². The third-order valence-corrected chi connectivity index (χ3v) is 4.91. The zero-order valence-electron chi connectivity index (χ0n) is 13.8. The lowest BCUT2D eigenvalue weighted by Crippen LogP contribution is -2.24. The van der Waals surface area contributed by atoms with Crippen molar-refractivity contribution in [3.63, 3.8) is 0 Å². The summed E-state index contributed by atoms with van der Waals surface area (Å²) >= 11 is 0. The van der Waals surface area contributed by atoms with Crippen LogP contribution in [0.25, 0.3) is 10.9 Å². The molecule has 2 aliphatic rings. The van der Waals surface area contributed by atoms with Gasteiger partial charge in [-0.05, 0) is 62.3 Å². The largest absolute Gasteiger partial charge is 0.497 e. The third kappa shape index (κ3) is 3.13. The Hall–Kier alpha value is -1.81. The lowest BCUT2D eigenvalue weighted by Gasteiger charge is -2.22. The van der Waals surface area contributed by atoms with Gasteiger partial charge in [-0.1, -0.05) is 0 Å². The first-order valence-corrected chi connectivity index (χ1v) is 8.82. The average Bonchev–Trinajstić information content (AvgIpc) is 3.41. The summed E-state index contributed by atoms with van der Waals surface area (Å²) in [7, 11) is 1.72. The Morgan fingerprint density at radius 2 is 2.04 bits per heavy atom. The summed E-state index contributed by atoms with van der Waals surface area (Å²) in [5.41, 5.74) is 5.06. The van der Waals surface area contributed by atoms with Crippen molar-refractivity contribution in [3.05, 3.63) is 29.5 Å². The number of hydrogen-bond donors (Lipinski definition) is 2. The minimum absolute atomic E-state index is 0.764. The number of aryl methyl sites for hydroxylation is 1. The van der Waals surface area contributed by atoms with Crippen molar-refractivity contribution < 1.29 is 4.74 Å². The maximum atomic E-state index is 5.42. The second-order valence-corrected chi connectivity index (χ2v) is 6.66. The van der Waals surface area contributed by atoms with E-state index in [2.05, 4.69) is 22.8 Å². The molecule has 1 aromatic heterocycles. The molecule has 1 heterocycles. The highest BCUT2D eigenvalue weighted by atomic mass is 16.5. The van der Waals surface area contributed by atoms with E-state index in [9.17, 15) is 0 Å². The summed E-state index contributed by atoms with van der Waals surface area (Å²) in [6.07, 6.45) is 7.43. The summed E-state index contributed by atoms with van der Waals surface area (Å²) < 4.78 is 5.42. The molecule has 4 nitrogen and oxygen atoms in total. The van der Waals surface area contributed by atoms with E-state index in [-0.39, 0.29) is 0 Å². The molecule has 4 rings (SSSR count). The molecule has 4 heteroatoms. The molecule has 1 fully saturated rings. The van der Waals surface area contributed by atoms with Gasteiger partial charge in [0.2, 0.25) is 0 Å². The van der Waals surface area contributed by atoms with Gasteiger partial charge in [-0.2, -0.15) is 0 Å². The third-order valence-electron chi connectivity index (χ3n) is 4.91. The van der Waals surface area contributed by atoms with Gasteiger partial charge in [-0.15, -0.1) is 0 Å². The van der Waals surface area contributed by atoms with Crippen LogP contribution in [0.2, 0.25) is 0 Å². The molecular formula is C19H25N3O.